The summed E-state index contributed by atoms with van der Waals surface area (Å²) >= 11 is -0.346. The van der Waals surface area contributed by atoms with Gasteiger partial charge in [-0.2, -0.15) is 24.6 Å². The monoisotopic (exact) mass is 263 g/mol. The van der Waals surface area contributed by atoms with Gasteiger partial charge in [0.15, 0.2) is 0 Å². The number of benzene rings is 1. The van der Waals surface area contributed by atoms with Crippen LogP contribution in [0.1, 0.15) is 5.56 Å². The Morgan fingerprint density at radius 3 is 1.70 bits per heavy atom. The first-order valence-corrected chi connectivity index (χ1v) is 7.01. The van der Waals surface area contributed by atoms with E-state index in [0.717, 1.165) is 5.56 Å². The molecular weight excluding hydrogens is 256 g/mol. The van der Waals surface area contributed by atoms with Gasteiger partial charge in [-0.1, -0.05) is 6.07 Å². The normalized spacial score (nSPS) is 8.20. The van der Waals surface area contributed by atoms with Gasteiger partial charge in [0, 0.05) is 0 Å². The van der Waals surface area contributed by atoms with Crippen LogP contribution < -0.4 is 0 Å². The van der Waals surface area contributed by atoms with Crippen molar-refractivity contribution in [3.8, 4) is 0 Å². The van der Waals surface area contributed by atoms with Gasteiger partial charge in [0.2, 0.25) is 0 Å². The van der Waals surface area contributed by atoms with Crippen LogP contribution in [0.2, 0.25) is 0 Å². The van der Waals surface area contributed by atoms with E-state index in [1.54, 1.807) is 0 Å². The standard InChI is InChI=1S/C7H7.2ClH.Ru/c1-7-5-3-2-4-6-7;;;/h2-6H,1H2;2*1H;/q-1;;;+2/p-2. The number of halogens is 2. The molecule has 0 heterocycles. The zero-order valence-corrected chi connectivity index (χ0v) is 8.45. The molecule has 0 amide bonds. The molecule has 1 aromatic rings. The SMILES string of the molecule is [CH2-]c1ccccc1.[Cl][Ru][Cl]. The van der Waals surface area contributed by atoms with E-state index in [1.165, 1.54) is 0 Å². The first-order chi connectivity index (χ1) is 4.81. The number of hydrogen-bond acceptors (Lipinski definition) is 0. The summed E-state index contributed by atoms with van der Waals surface area (Å²) in [6.07, 6.45) is 0. The van der Waals surface area contributed by atoms with Gasteiger partial charge in [0.1, 0.15) is 0 Å². The zero-order valence-electron chi connectivity index (χ0n) is 5.20. The molecule has 0 aromatic heterocycles. The Kier molecular flexibility index (Phi) is 7.62. The van der Waals surface area contributed by atoms with Crippen molar-refractivity contribution >= 4 is 19.4 Å². The predicted octanol–water partition coefficient (Wildman–Crippen LogP) is 3.25. The summed E-state index contributed by atoms with van der Waals surface area (Å²) in [5, 5.41) is 0. The molecule has 0 nitrogen and oxygen atoms in total. The van der Waals surface area contributed by atoms with Crippen molar-refractivity contribution in [2.24, 2.45) is 0 Å². The van der Waals surface area contributed by atoms with Crippen LogP contribution in [0.15, 0.2) is 30.3 Å². The molecule has 0 N–H and O–H groups in total. The molecule has 0 bridgehead atoms. The van der Waals surface area contributed by atoms with E-state index in [9.17, 15) is 0 Å². The Bertz CT molecular complexity index is 153. The summed E-state index contributed by atoms with van der Waals surface area (Å²) in [6.45, 7) is 3.72. The van der Waals surface area contributed by atoms with Crippen LogP contribution >= 0.6 is 19.4 Å². The van der Waals surface area contributed by atoms with Gasteiger partial charge in [-0.05, 0) is 0 Å². The van der Waals surface area contributed by atoms with E-state index in [2.05, 4.69) is 6.92 Å². The van der Waals surface area contributed by atoms with Gasteiger partial charge in [-0.15, -0.1) is 12.1 Å². The fourth-order valence-corrected chi connectivity index (χ4v) is 0.478. The van der Waals surface area contributed by atoms with Crippen molar-refractivity contribution in [2.45, 2.75) is 0 Å². The minimum atomic E-state index is -0.346. The molecule has 58 valence electrons. The fourth-order valence-electron chi connectivity index (χ4n) is 0.478. The third-order valence-corrected chi connectivity index (χ3v) is 0.843. The van der Waals surface area contributed by atoms with Crippen LogP contribution in [-0.2, 0) is 15.1 Å². The van der Waals surface area contributed by atoms with E-state index in [4.69, 9.17) is 19.4 Å². The maximum atomic E-state index is 4.85. The molecule has 0 saturated heterocycles. The van der Waals surface area contributed by atoms with Crippen molar-refractivity contribution in [3.05, 3.63) is 42.8 Å². The molecule has 0 radical (unpaired) electrons. The van der Waals surface area contributed by atoms with E-state index >= 15 is 0 Å². The first kappa shape index (κ1) is 10.3. The van der Waals surface area contributed by atoms with Gasteiger partial charge in [0.25, 0.3) is 0 Å². The van der Waals surface area contributed by atoms with Gasteiger partial charge in [-0.25, -0.2) is 0 Å². The Balaban J connectivity index is 0.000000236. The molecule has 0 atom stereocenters. The third-order valence-electron chi connectivity index (χ3n) is 0.843. The van der Waals surface area contributed by atoms with E-state index in [-0.39, 0.29) is 15.1 Å². The quantitative estimate of drug-likeness (QED) is 0.498. The molecule has 1 aromatic carbocycles. The summed E-state index contributed by atoms with van der Waals surface area (Å²) in [4.78, 5) is 0. The molecule has 0 fully saturated rings. The van der Waals surface area contributed by atoms with Crippen LogP contribution in [-0.4, -0.2) is 0 Å². The van der Waals surface area contributed by atoms with E-state index in [0.29, 0.717) is 0 Å². The maximum absolute atomic E-state index is 4.85. The average Bonchev–Trinajstić information content (AvgIpc) is 1.91. The first-order valence-electron chi connectivity index (χ1n) is 2.53. The molecule has 1 rings (SSSR count). The van der Waals surface area contributed by atoms with Crippen molar-refractivity contribution in [1.29, 1.82) is 0 Å². The van der Waals surface area contributed by atoms with Crippen LogP contribution in [0.4, 0.5) is 0 Å². The molecule has 0 aliphatic rings. The van der Waals surface area contributed by atoms with E-state index in [1.807, 2.05) is 30.3 Å². The van der Waals surface area contributed by atoms with E-state index < -0.39 is 0 Å². The molecule has 0 unspecified atom stereocenters. The summed E-state index contributed by atoms with van der Waals surface area (Å²) in [7, 11) is 9.71. The average molecular weight is 263 g/mol. The van der Waals surface area contributed by atoms with Gasteiger partial charge >= 0.3 is 34.5 Å². The van der Waals surface area contributed by atoms with Crippen LogP contribution in [0.3, 0.4) is 0 Å². The minimum absolute atomic E-state index is 0.346. The van der Waals surface area contributed by atoms with Crippen LogP contribution in [0.5, 0.6) is 0 Å². The summed E-state index contributed by atoms with van der Waals surface area (Å²) in [6, 6.07) is 9.87. The second kappa shape index (κ2) is 7.40. The molecule has 10 heavy (non-hydrogen) atoms. The third kappa shape index (κ3) is 6.41. The summed E-state index contributed by atoms with van der Waals surface area (Å²) in [5.41, 5.74) is 1.07. The molecule has 0 saturated carbocycles. The summed E-state index contributed by atoms with van der Waals surface area (Å²) in [5.74, 6) is 0. The molecule has 3 heteroatoms. The second-order valence-electron chi connectivity index (χ2n) is 1.54. The zero-order chi connectivity index (χ0) is 7.82. The van der Waals surface area contributed by atoms with Gasteiger partial charge in [0.05, 0.1) is 0 Å². The van der Waals surface area contributed by atoms with Gasteiger partial charge in [-0.3, -0.25) is 0 Å². The Hall–Kier alpha value is 0.293. The van der Waals surface area contributed by atoms with Crippen molar-refractivity contribution in [3.63, 3.8) is 0 Å². The molecule has 0 spiro atoms. The Morgan fingerprint density at radius 1 is 1.10 bits per heavy atom. The Labute approximate surface area is 77.2 Å². The molecular formula is C7H7Cl2Ru-. The van der Waals surface area contributed by atoms with Crippen LogP contribution in [0.25, 0.3) is 0 Å². The molecule has 0 aliphatic carbocycles. The number of hydrogen-bond donors (Lipinski definition) is 0. The fraction of sp³-hybridized carbons (Fsp3) is 0. The van der Waals surface area contributed by atoms with Crippen molar-refractivity contribution < 1.29 is 15.1 Å². The summed E-state index contributed by atoms with van der Waals surface area (Å²) < 4.78 is 0. The van der Waals surface area contributed by atoms with Crippen molar-refractivity contribution in [1.82, 2.24) is 0 Å². The number of rotatable bonds is 0. The topological polar surface area (TPSA) is 0 Å². The second-order valence-corrected chi connectivity index (χ2v) is 4.17. The van der Waals surface area contributed by atoms with Crippen molar-refractivity contribution in [2.75, 3.05) is 0 Å². The predicted molar refractivity (Wildman–Crippen MR) is 42.6 cm³/mol. The molecule has 0 aliphatic heterocycles. The van der Waals surface area contributed by atoms with Crippen LogP contribution in [0, 0.1) is 6.92 Å². The van der Waals surface area contributed by atoms with Gasteiger partial charge < -0.3 is 0 Å². The Morgan fingerprint density at radius 2 is 1.50 bits per heavy atom.